The second kappa shape index (κ2) is 10.3. The molecule has 9 nitrogen and oxygen atoms in total. The van der Waals surface area contributed by atoms with Gasteiger partial charge >= 0.3 is 12.3 Å². The largest absolute Gasteiger partial charge is 0.573 e. The Morgan fingerprint density at radius 2 is 1.67 bits per heavy atom. The van der Waals surface area contributed by atoms with Crippen LogP contribution in [0.25, 0.3) is 0 Å². The highest BCUT2D eigenvalue weighted by molar-refractivity contribution is 6.04. The fourth-order valence-corrected chi connectivity index (χ4v) is 4.18. The average molecular weight is 508 g/mol. The number of alkyl halides is 3. The van der Waals surface area contributed by atoms with Crippen LogP contribution in [0.15, 0.2) is 36.4 Å². The Kier molecular flexibility index (Phi) is 7.22. The highest BCUT2D eigenvalue weighted by atomic mass is 19.4. The molecule has 2 amide bonds. The van der Waals surface area contributed by atoms with E-state index in [0.717, 1.165) is 18.2 Å². The van der Waals surface area contributed by atoms with E-state index in [-0.39, 0.29) is 24.6 Å². The molecule has 0 unspecified atom stereocenters. The number of carboxylic acid groups (broad SMARTS) is 1. The van der Waals surface area contributed by atoms with E-state index in [0.29, 0.717) is 42.7 Å². The molecule has 12 heteroatoms. The van der Waals surface area contributed by atoms with Gasteiger partial charge in [-0.25, -0.2) is 0 Å². The van der Waals surface area contributed by atoms with Crippen LogP contribution in [0.4, 0.5) is 18.9 Å². The number of halogens is 3. The molecule has 3 N–H and O–H groups in total. The number of carboxylic acids is 1. The highest BCUT2D eigenvalue weighted by Crippen LogP contribution is 2.33. The molecule has 4 rings (SSSR count). The normalized spacial score (nSPS) is 18.9. The molecule has 2 aromatic rings. The van der Waals surface area contributed by atoms with Crippen LogP contribution >= 0.6 is 0 Å². The number of aliphatic carboxylic acids is 1. The number of anilines is 1. The van der Waals surface area contributed by atoms with Gasteiger partial charge < -0.3 is 30.0 Å². The molecule has 0 atom stereocenters. The van der Waals surface area contributed by atoms with Gasteiger partial charge in [0.25, 0.3) is 5.91 Å². The van der Waals surface area contributed by atoms with Crippen molar-refractivity contribution in [3.05, 3.63) is 47.5 Å². The number of hydrogen-bond acceptors (Lipinski definition) is 6. The van der Waals surface area contributed by atoms with Crippen molar-refractivity contribution in [2.45, 2.75) is 38.6 Å². The maximum atomic E-state index is 12.9. The van der Waals surface area contributed by atoms with E-state index >= 15 is 0 Å². The number of hydrogen-bond donors (Lipinski definition) is 3. The number of fused-ring (bicyclic) bond motifs is 1. The lowest BCUT2D eigenvalue weighted by molar-refractivity contribution is -0.274. The van der Waals surface area contributed by atoms with Gasteiger partial charge in [-0.15, -0.1) is 13.2 Å². The van der Waals surface area contributed by atoms with Gasteiger partial charge in [0.1, 0.15) is 5.75 Å². The van der Waals surface area contributed by atoms with Gasteiger partial charge in [0.15, 0.2) is 11.5 Å². The smallest absolute Gasteiger partial charge is 0.481 e. The van der Waals surface area contributed by atoms with Crippen LogP contribution in [0.2, 0.25) is 0 Å². The third kappa shape index (κ3) is 6.18. The topological polar surface area (TPSA) is 123 Å². The maximum Gasteiger partial charge on any atom is 0.573 e. The van der Waals surface area contributed by atoms with E-state index in [9.17, 15) is 27.6 Å². The molecule has 1 fully saturated rings. The van der Waals surface area contributed by atoms with Crippen molar-refractivity contribution in [2.75, 3.05) is 12.1 Å². The minimum Gasteiger partial charge on any atom is -0.481 e. The molecule has 192 valence electrons. The maximum absolute atomic E-state index is 12.9. The first kappa shape index (κ1) is 25.1. The second-order valence-electron chi connectivity index (χ2n) is 8.50. The standard InChI is InChI=1S/C24H23F3N2O7/c25-24(26,27)36-16-6-7-18(29-21(30)14-2-4-15(5-3-14)23(32)33)17(10-16)22(31)28-11-13-1-8-19-20(9-13)35-12-34-19/h1,6-10,14-15H,2-5,11-12H2,(H,28,31)(H,29,30)(H,32,33)/t14-,15-. The van der Waals surface area contributed by atoms with Gasteiger partial charge in [-0.1, -0.05) is 6.07 Å². The van der Waals surface area contributed by atoms with Crippen LogP contribution < -0.4 is 24.8 Å². The number of benzene rings is 2. The molecule has 1 saturated carbocycles. The van der Waals surface area contributed by atoms with E-state index in [1.54, 1.807) is 18.2 Å². The number of nitrogens with one attached hydrogen (secondary N) is 2. The molecule has 0 aromatic heterocycles. The molecule has 1 aliphatic carbocycles. The second-order valence-corrected chi connectivity index (χ2v) is 8.50. The summed E-state index contributed by atoms with van der Waals surface area (Å²) in [6, 6.07) is 8.11. The van der Waals surface area contributed by atoms with E-state index in [2.05, 4.69) is 15.4 Å². The predicted molar refractivity (Wildman–Crippen MR) is 119 cm³/mol. The van der Waals surface area contributed by atoms with Crippen molar-refractivity contribution in [2.24, 2.45) is 11.8 Å². The minimum atomic E-state index is -4.96. The summed E-state index contributed by atoms with van der Waals surface area (Å²) in [5.41, 5.74) is 0.458. The zero-order valence-electron chi connectivity index (χ0n) is 18.9. The Bertz CT molecular complexity index is 1160. The molecule has 36 heavy (non-hydrogen) atoms. The van der Waals surface area contributed by atoms with Gasteiger partial charge in [0.05, 0.1) is 17.2 Å². The van der Waals surface area contributed by atoms with Crippen molar-refractivity contribution in [3.63, 3.8) is 0 Å². The first-order chi connectivity index (χ1) is 17.1. The summed E-state index contributed by atoms with van der Waals surface area (Å²) in [6.45, 7) is 0.116. The Morgan fingerprint density at radius 3 is 2.36 bits per heavy atom. The molecule has 0 spiro atoms. The van der Waals surface area contributed by atoms with Gasteiger partial charge in [0, 0.05) is 12.5 Å². The molecule has 2 aliphatic rings. The van der Waals surface area contributed by atoms with Crippen molar-refractivity contribution in [1.29, 1.82) is 0 Å². The Balaban J connectivity index is 1.48. The Morgan fingerprint density at radius 1 is 0.972 bits per heavy atom. The summed E-state index contributed by atoms with van der Waals surface area (Å²) in [5.74, 6) is -2.61. The lowest BCUT2D eigenvalue weighted by Gasteiger charge is -2.25. The van der Waals surface area contributed by atoms with Crippen LogP contribution in [-0.2, 0) is 16.1 Å². The van der Waals surface area contributed by atoms with E-state index < -0.39 is 41.7 Å². The first-order valence-corrected chi connectivity index (χ1v) is 11.2. The molecule has 0 bridgehead atoms. The number of carbonyl (C=O) groups is 3. The zero-order valence-corrected chi connectivity index (χ0v) is 18.9. The molecule has 1 aliphatic heterocycles. The zero-order chi connectivity index (χ0) is 25.9. The van der Waals surface area contributed by atoms with Crippen LogP contribution in [0.1, 0.15) is 41.6 Å². The summed E-state index contributed by atoms with van der Waals surface area (Å²) in [6.07, 6.45) is -3.58. The van der Waals surface area contributed by atoms with Gasteiger partial charge in [0.2, 0.25) is 12.7 Å². The fraction of sp³-hybridized carbons (Fsp3) is 0.375. The number of ether oxygens (including phenoxy) is 3. The molecular weight excluding hydrogens is 485 g/mol. The van der Waals surface area contributed by atoms with Crippen LogP contribution in [0, 0.1) is 11.8 Å². The predicted octanol–water partition coefficient (Wildman–Crippen LogP) is 4.07. The molecule has 0 saturated heterocycles. The SMILES string of the molecule is O=C(NCc1ccc2c(c1)OCO2)c1cc(OC(F)(F)F)ccc1NC(=O)[C@H]1CC[C@H](C(=O)O)CC1. The van der Waals surface area contributed by atoms with Crippen LogP contribution in [-0.4, -0.2) is 36.0 Å². The third-order valence-electron chi connectivity index (χ3n) is 6.06. The summed E-state index contributed by atoms with van der Waals surface area (Å²) in [5, 5.41) is 14.4. The van der Waals surface area contributed by atoms with Gasteiger partial charge in [-0.05, 0) is 61.6 Å². The quantitative estimate of drug-likeness (QED) is 0.515. The van der Waals surface area contributed by atoms with Gasteiger partial charge in [-0.2, -0.15) is 0 Å². The Labute approximate surface area is 203 Å². The summed E-state index contributed by atoms with van der Waals surface area (Å²) >= 11 is 0. The first-order valence-electron chi connectivity index (χ1n) is 11.2. The molecular formula is C24H23F3N2O7. The number of rotatable bonds is 7. The highest BCUT2D eigenvalue weighted by Gasteiger charge is 2.33. The summed E-state index contributed by atoms with van der Waals surface area (Å²) < 4.78 is 52.7. The van der Waals surface area contributed by atoms with E-state index in [1.165, 1.54) is 0 Å². The minimum absolute atomic E-state index is 0.0121. The molecule has 0 radical (unpaired) electrons. The van der Waals surface area contributed by atoms with Crippen LogP contribution in [0.3, 0.4) is 0 Å². The number of carbonyl (C=O) groups excluding carboxylic acids is 2. The summed E-state index contributed by atoms with van der Waals surface area (Å²) in [4.78, 5) is 36.9. The summed E-state index contributed by atoms with van der Waals surface area (Å²) in [7, 11) is 0. The number of amides is 2. The van der Waals surface area contributed by atoms with E-state index in [4.69, 9.17) is 14.6 Å². The molecule has 1 heterocycles. The van der Waals surface area contributed by atoms with Crippen molar-refractivity contribution in [1.82, 2.24) is 5.32 Å². The van der Waals surface area contributed by atoms with Crippen molar-refractivity contribution >= 4 is 23.5 Å². The van der Waals surface area contributed by atoms with E-state index in [1.807, 2.05) is 0 Å². The lowest BCUT2D eigenvalue weighted by Crippen LogP contribution is -2.31. The monoisotopic (exact) mass is 508 g/mol. The van der Waals surface area contributed by atoms with Crippen molar-refractivity contribution < 1.29 is 46.9 Å². The van der Waals surface area contributed by atoms with Gasteiger partial charge in [-0.3, -0.25) is 14.4 Å². The van der Waals surface area contributed by atoms with Crippen molar-refractivity contribution in [3.8, 4) is 17.2 Å². The Hall–Kier alpha value is -3.96. The molecule has 2 aromatic carbocycles. The fourth-order valence-electron chi connectivity index (χ4n) is 4.18. The van der Waals surface area contributed by atoms with Crippen LogP contribution in [0.5, 0.6) is 17.2 Å². The average Bonchev–Trinajstić information content (AvgIpc) is 3.30. The third-order valence-corrected chi connectivity index (χ3v) is 6.06. The lowest BCUT2D eigenvalue weighted by atomic mass is 9.81.